The van der Waals surface area contributed by atoms with Gasteiger partial charge in [0.05, 0.1) is 19.0 Å². The predicted octanol–water partition coefficient (Wildman–Crippen LogP) is 3.99. The van der Waals surface area contributed by atoms with Gasteiger partial charge in [0, 0.05) is 31.9 Å². The summed E-state index contributed by atoms with van der Waals surface area (Å²) in [6, 6.07) is 5.52. The third kappa shape index (κ3) is 10.7. The number of amides is 4. The number of alkyl carbamates (subject to hydrolysis) is 1. The molecule has 282 valence electrons. The number of ether oxygens (including phenoxy) is 3. The highest BCUT2D eigenvalue weighted by Gasteiger charge is 2.44. The van der Waals surface area contributed by atoms with Crippen LogP contribution in [0.4, 0.5) is 9.59 Å². The van der Waals surface area contributed by atoms with Crippen LogP contribution in [0.15, 0.2) is 48.8 Å². The Morgan fingerprint density at radius 2 is 1.88 bits per heavy atom. The highest BCUT2D eigenvalue weighted by atomic mass is 16.6. The summed E-state index contributed by atoms with van der Waals surface area (Å²) >= 11 is 0. The van der Waals surface area contributed by atoms with Crippen LogP contribution in [-0.2, 0) is 43.5 Å². The lowest BCUT2D eigenvalue weighted by molar-refractivity contribution is -0.139. The number of carboxylic acid groups (broad SMARTS) is 1. The Kier molecular flexibility index (Phi) is 12.4. The van der Waals surface area contributed by atoms with E-state index in [1.54, 1.807) is 36.5 Å². The first-order chi connectivity index (χ1) is 24.8. The van der Waals surface area contributed by atoms with Crippen molar-refractivity contribution < 1.29 is 43.3 Å². The van der Waals surface area contributed by atoms with E-state index in [2.05, 4.69) is 10.4 Å². The number of hydrogen-bond donors (Lipinski definition) is 3. The third-order valence-corrected chi connectivity index (χ3v) is 9.34. The molecule has 1 saturated heterocycles. The fraction of sp³-hybridized carbons (Fsp3) is 0.568. The fourth-order valence-electron chi connectivity index (χ4n) is 6.57. The van der Waals surface area contributed by atoms with Gasteiger partial charge in [0.15, 0.2) is 0 Å². The molecule has 0 bridgehead atoms. The van der Waals surface area contributed by atoms with Crippen molar-refractivity contribution in [1.29, 1.82) is 0 Å². The van der Waals surface area contributed by atoms with E-state index in [9.17, 15) is 24.0 Å². The molecule has 1 aliphatic carbocycles. The number of aromatic nitrogens is 2. The number of benzene rings is 1. The molecule has 1 aromatic carbocycles. The number of carbonyl (C=O) groups is 5. The van der Waals surface area contributed by atoms with Crippen molar-refractivity contribution in [2.75, 3.05) is 13.2 Å². The zero-order chi connectivity index (χ0) is 37.4. The summed E-state index contributed by atoms with van der Waals surface area (Å²) in [7, 11) is 0. The standard InChI is InChI=1S/C37H50N6O9/c1-37(2,3)52-35(48)40-30(11-8-6-4-5-7-10-24-19-29(24)34(46)47)33(45)43-23-28(20-31(43)32(38)44)51-36(49)41-21-25-12-13-27(18-26(25)22-41)50-17-16-42-15-9-14-39-42/h7,9-10,12-15,18,24,28-31H,4-6,8,11,16-17,19-23H2,1-3H3,(H2,38,44)(H,40,48)(H,46,47)/b10-7-/t24-,28-,29+,30+,31+/m1/s1. The van der Waals surface area contributed by atoms with Gasteiger partial charge in [-0.25, -0.2) is 9.59 Å². The van der Waals surface area contributed by atoms with Crippen molar-refractivity contribution in [3.63, 3.8) is 0 Å². The number of rotatable bonds is 16. The first-order valence-corrected chi connectivity index (χ1v) is 17.9. The van der Waals surface area contributed by atoms with Crippen LogP contribution in [0.1, 0.15) is 76.8 Å². The number of primary amides is 1. The number of aliphatic carboxylic acids is 1. The summed E-state index contributed by atoms with van der Waals surface area (Å²) in [5, 5.41) is 15.9. The molecule has 15 heteroatoms. The van der Waals surface area contributed by atoms with Gasteiger partial charge in [-0.15, -0.1) is 0 Å². The first kappa shape index (κ1) is 38.2. The van der Waals surface area contributed by atoms with Gasteiger partial charge in [-0.05, 0) is 81.7 Å². The lowest BCUT2D eigenvalue weighted by atomic mass is 10.0. The number of fused-ring (bicyclic) bond motifs is 1. The van der Waals surface area contributed by atoms with E-state index >= 15 is 0 Å². The molecule has 4 amide bonds. The Labute approximate surface area is 303 Å². The number of likely N-dealkylation sites (tertiary alicyclic amines) is 1. The SMILES string of the molecule is CC(C)(C)OC(=O)N[C@@H](CCCCC/C=C\[C@@H]1C[C@@H]1C(=O)O)C(=O)N1C[C@H](OC(=O)N2Cc3ccc(OCCn4cccn4)cc3C2)C[C@H]1C(N)=O. The quantitative estimate of drug-likeness (QED) is 0.168. The van der Waals surface area contributed by atoms with Crippen LogP contribution in [0.25, 0.3) is 0 Å². The van der Waals surface area contributed by atoms with E-state index in [1.807, 2.05) is 42.6 Å². The minimum Gasteiger partial charge on any atom is -0.492 e. The van der Waals surface area contributed by atoms with Gasteiger partial charge in [-0.1, -0.05) is 31.1 Å². The Bertz CT molecular complexity index is 1620. The Balaban J connectivity index is 1.13. The molecule has 0 radical (unpaired) electrons. The molecule has 5 rings (SSSR count). The molecular formula is C37H50N6O9. The van der Waals surface area contributed by atoms with Crippen LogP contribution in [0.2, 0.25) is 0 Å². The van der Waals surface area contributed by atoms with Gasteiger partial charge in [-0.2, -0.15) is 5.10 Å². The van der Waals surface area contributed by atoms with Gasteiger partial charge < -0.3 is 35.3 Å². The second-order valence-corrected chi connectivity index (χ2v) is 14.7. The third-order valence-electron chi connectivity index (χ3n) is 9.34. The summed E-state index contributed by atoms with van der Waals surface area (Å²) in [4.78, 5) is 66.4. The zero-order valence-corrected chi connectivity index (χ0v) is 30.1. The number of hydrogen-bond acceptors (Lipinski definition) is 9. The van der Waals surface area contributed by atoms with Crippen molar-refractivity contribution >= 4 is 30.0 Å². The molecule has 15 nitrogen and oxygen atoms in total. The van der Waals surface area contributed by atoms with Crippen molar-refractivity contribution in [2.45, 2.75) is 109 Å². The van der Waals surface area contributed by atoms with E-state index in [0.717, 1.165) is 30.4 Å². The van der Waals surface area contributed by atoms with Crippen LogP contribution >= 0.6 is 0 Å². The van der Waals surface area contributed by atoms with Gasteiger partial charge in [0.1, 0.15) is 36.1 Å². The second-order valence-electron chi connectivity index (χ2n) is 14.7. The van der Waals surface area contributed by atoms with Crippen molar-refractivity contribution in [3.05, 3.63) is 59.9 Å². The summed E-state index contributed by atoms with van der Waals surface area (Å²) in [6.07, 6.45) is 9.36. The van der Waals surface area contributed by atoms with Crippen molar-refractivity contribution in [1.82, 2.24) is 24.9 Å². The number of nitrogens with two attached hydrogens (primary N) is 1. The molecular weight excluding hydrogens is 672 g/mol. The average Bonchev–Trinajstić information content (AvgIpc) is 3.39. The van der Waals surface area contributed by atoms with Crippen LogP contribution in [0.5, 0.6) is 5.75 Å². The molecule has 5 atom stereocenters. The fourth-order valence-corrected chi connectivity index (χ4v) is 6.57. The van der Waals surface area contributed by atoms with Crippen LogP contribution in [-0.4, -0.2) is 91.6 Å². The second kappa shape index (κ2) is 17.0. The van der Waals surface area contributed by atoms with Gasteiger partial charge in [0.25, 0.3) is 0 Å². The molecule has 0 unspecified atom stereocenters. The highest BCUT2D eigenvalue weighted by Crippen LogP contribution is 2.39. The molecule has 1 saturated carbocycles. The molecule has 52 heavy (non-hydrogen) atoms. The van der Waals surface area contributed by atoms with Crippen molar-refractivity contribution in [2.24, 2.45) is 17.6 Å². The largest absolute Gasteiger partial charge is 0.492 e. The average molecular weight is 723 g/mol. The van der Waals surface area contributed by atoms with Gasteiger partial charge >= 0.3 is 18.2 Å². The van der Waals surface area contributed by atoms with E-state index in [-0.39, 0.29) is 24.8 Å². The lowest BCUT2D eigenvalue weighted by Crippen LogP contribution is -2.53. The number of nitrogens with zero attached hydrogens (tertiary/aromatic N) is 4. The molecule has 4 N–H and O–H groups in total. The van der Waals surface area contributed by atoms with Crippen LogP contribution in [0.3, 0.4) is 0 Å². The number of unbranched alkanes of at least 4 members (excludes halogenated alkanes) is 3. The van der Waals surface area contributed by atoms with E-state index < -0.39 is 53.8 Å². The van der Waals surface area contributed by atoms with E-state index in [4.69, 9.17) is 25.1 Å². The number of carboxylic acids is 1. The predicted molar refractivity (Wildman–Crippen MR) is 188 cm³/mol. The Hall–Kier alpha value is -5.08. The summed E-state index contributed by atoms with van der Waals surface area (Å²) < 4.78 is 18.9. The monoisotopic (exact) mass is 722 g/mol. The van der Waals surface area contributed by atoms with Crippen LogP contribution in [0, 0.1) is 11.8 Å². The summed E-state index contributed by atoms with van der Waals surface area (Å²) in [5.74, 6) is -1.50. The topological polar surface area (TPSA) is 196 Å². The molecule has 2 aliphatic heterocycles. The number of allylic oxidation sites excluding steroid dienone is 2. The maximum absolute atomic E-state index is 13.9. The van der Waals surface area contributed by atoms with E-state index in [0.29, 0.717) is 51.3 Å². The maximum atomic E-state index is 13.9. The van der Waals surface area contributed by atoms with Crippen LogP contribution < -0.4 is 15.8 Å². The smallest absolute Gasteiger partial charge is 0.410 e. The summed E-state index contributed by atoms with van der Waals surface area (Å²) in [5.41, 5.74) is 6.84. The van der Waals surface area contributed by atoms with Gasteiger partial charge in [0.2, 0.25) is 11.8 Å². The first-order valence-electron chi connectivity index (χ1n) is 17.9. The zero-order valence-electron chi connectivity index (χ0n) is 30.1. The molecule has 2 fully saturated rings. The summed E-state index contributed by atoms with van der Waals surface area (Å²) in [6.45, 7) is 6.81. The minimum atomic E-state index is -1.02. The minimum absolute atomic E-state index is 0.0388. The Morgan fingerprint density at radius 3 is 2.58 bits per heavy atom. The Morgan fingerprint density at radius 1 is 1.10 bits per heavy atom. The maximum Gasteiger partial charge on any atom is 0.410 e. The molecule has 3 heterocycles. The van der Waals surface area contributed by atoms with Crippen molar-refractivity contribution in [3.8, 4) is 5.75 Å². The highest BCUT2D eigenvalue weighted by molar-refractivity contribution is 5.91. The van der Waals surface area contributed by atoms with Gasteiger partial charge in [-0.3, -0.25) is 24.0 Å². The normalized spacial score (nSPS) is 21.4. The molecule has 1 aromatic heterocycles. The number of nitrogens with one attached hydrogen (secondary N) is 1. The molecule has 3 aliphatic rings. The lowest BCUT2D eigenvalue weighted by Gasteiger charge is -2.28. The van der Waals surface area contributed by atoms with E-state index in [1.165, 1.54) is 4.90 Å². The molecule has 2 aromatic rings. The number of carbonyl (C=O) groups excluding carboxylic acids is 4. The molecule has 0 spiro atoms.